The average Bonchev–Trinajstić information content (AvgIpc) is 3.12. The molecule has 0 spiro atoms. The molecule has 1 aliphatic rings. The minimum absolute atomic E-state index is 0.146. The molecule has 2 aromatic carbocycles. The molecule has 1 atom stereocenters. The molecule has 0 aromatic heterocycles. The summed E-state index contributed by atoms with van der Waals surface area (Å²) in [6, 6.07) is 13.1. The van der Waals surface area contributed by atoms with Crippen molar-refractivity contribution in [1.29, 1.82) is 0 Å². The summed E-state index contributed by atoms with van der Waals surface area (Å²) in [7, 11) is -2.20. The molecule has 1 unspecified atom stereocenters. The molecule has 132 valence electrons. The number of nitrogens with zero attached hydrogens (tertiary/aromatic N) is 1. The molecule has 1 heterocycles. The van der Waals surface area contributed by atoms with Gasteiger partial charge >= 0.3 is 0 Å². The number of benzene rings is 2. The second kappa shape index (κ2) is 6.98. The van der Waals surface area contributed by atoms with Crippen LogP contribution in [0.3, 0.4) is 0 Å². The molecule has 1 aliphatic heterocycles. The summed E-state index contributed by atoms with van der Waals surface area (Å²) in [4.78, 5) is 13.0. The number of aryl methyl sites for hydroxylation is 1. The SMILES string of the molecule is COc1ccc(S(=O)(=O)N2CCCC2C(=O)c2ccccc2)c(C)c1. The number of ether oxygens (including phenoxy) is 1. The Morgan fingerprint density at radius 3 is 2.52 bits per heavy atom. The Labute approximate surface area is 148 Å². The van der Waals surface area contributed by atoms with Crippen LogP contribution in [0.15, 0.2) is 53.4 Å². The predicted octanol–water partition coefficient (Wildman–Crippen LogP) is 3.04. The highest BCUT2D eigenvalue weighted by Gasteiger charge is 2.40. The Kier molecular flexibility index (Phi) is 4.92. The zero-order valence-electron chi connectivity index (χ0n) is 14.3. The monoisotopic (exact) mass is 359 g/mol. The van der Waals surface area contributed by atoms with Crippen molar-refractivity contribution in [3.63, 3.8) is 0 Å². The first-order chi connectivity index (χ1) is 11.9. The summed E-state index contributed by atoms with van der Waals surface area (Å²) >= 11 is 0. The first-order valence-electron chi connectivity index (χ1n) is 8.21. The number of carbonyl (C=O) groups is 1. The standard InChI is InChI=1S/C19H21NO4S/c1-14-13-16(24-2)10-11-18(14)25(22,23)20-12-6-9-17(20)19(21)15-7-4-3-5-8-15/h3-5,7-8,10-11,13,17H,6,9,12H2,1-2H3. The van der Waals surface area contributed by atoms with Gasteiger partial charge in [0, 0.05) is 12.1 Å². The molecular weight excluding hydrogens is 338 g/mol. The molecule has 0 N–H and O–H groups in total. The van der Waals surface area contributed by atoms with Crippen LogP contribution in [0.4, 0.5) is 0 Å². The third kappa shape index (κ3) is 3.32. The zero-order valence-corrected chi connectivity index (χ0v) is 15.1. The topological polar surface area (TPSA) is 63.7 Å². The number of methoxy groups -OCH3 is 1. The van der Waals surface area contributed by atoms with Crippen molar-refractivity contribution < 1.29 is 17.9 Å². The van der Waals surface area contributed by atoms with Crippen molar-refractivity contribution in [3.8, 4) is 5.75 Å². The van der Waals surface area contributed by atoms with Crippen LogP contribution >= 0.6 is 0 Å². The number of rotatable bonds is 5. The van der Waals surface area contributed by atoms with E-state index in [1.54, 1.807) is 49.4 Å². The van der Waals surface area contributed by atoms with Crippen molar-refractivity contribution in [2.75, 3.05) is 13.7 Å². The van der Waals surface area contributed by atoms with Gasteiger partial charge in [-0.25, -0.2) is 8.42 Å². The average molecular weight is 359 g/mol. The lowest BCUT2D eigenvalue weighted by Crippen LogP contribution is -2.40. The molecule has 2 aromatic rings. The van der Waals surface area contributed by atoms with E-state index in [1.165, 1.54) is 11.4 Å². The molecule has 0 radical (unpaired) electrons. The van der Waals surface area contributed by atoms with E-state index in [1.807, 2.05) is 6.07 Å². The second-order valence-electron chi connectivity index (χ2n) is 6.14. The van der Waals surface area contributed by atoms with Crippen LogP contribution in [0, 0.1) is 6.92 Å². The van der Waals surface area contributed by atoms with Crippen LogP contribution in [-0.4, -0.2) is 38.2 Å². The van der Waals surface area contributed by atoms with Crippen molar-refractivity contribution in [2.45, 2.75) is 30.7 Å². The van der Waals surface area contributed by atoms with Gasteiger partial charge in [-0.05, 0) is 43.5 Å². The van der Waals surface area contributed by atoms with E-state index >= 15 is 0 Å². The minimum Gasteiger partial charge on any atom is -0.497 e. The van der Waals surface area contributed by atoms with Gasteiger partial charge in [-0.2, -0.15) is 4.31 Å². The number of hydrogen-bond donors (Lipinski definition) is 0. The molecule has 0 aliphatic carbocycles. The van der Waals surface area contributed by atoms with E-state index in [-0.39, 0.29) is 10.7 Å². The summed E-state index contributed by atoms with van der Waals surface area (Å²) in [5, 5.41) is 0. The molecule has 0 bridgehead atoms. The van der Waals surface area contributed by atoms with Crippen molar-refractivity contribution >= 4 is 15.8 Å². The van der Waals surface area contributed by atoms with Crippen LogP contribution in [0.25, 0.3) is 0 Å². The van der Waals surface area contributed by atoms with Gasteiger partial charge in [-0.1, -0.05) is 30.3 Å². The maximum Gasteiger partial charge on any atom is 0.244 e. The lowest BCUT2D eigenvalue weighted by molar-refractivity contribution is 0.0918. The molecule has 6 heteroatoms. The van der Waals surface area contributed by atoms with E-state index in [0.29, 0.717) is 36.3 Å². The van der Waals surface area contributed by atoms with E-state index in [0.717, 1.165) is 0 Å². The summed E-state index contributed by atoms with van der Waals surface area (Å²) in [6.45, 7) is 2.09. The first kappa shape index (κ1) is 17.6. The maximum absolute atomic E-state index is 13.1. The van der Waals surface area contributed by atoms with Gasteiger partial charge in [0.1, 0.15) is 5.75 Å². The maximum atomic E-state index is 13.1. The zero-order chi connectivity index (χ0) is 18.0. The number of hydrogen-bond acceptors (Lipinski definition) is 4. The summed E-state index contributed by atoms with van der Waals surface area (Å²) < 4.78 is 32.8. The number of sulfonamides is 1. The fraction of sp³-hybridized carbons (Fsp3) is 0.316. The summed E-state index contributed by atoms with van der Waals surface area (Å²) in [6.07, 6.45) is 1.22. The van der Waals surface area contributed by atoms with Crippen LogP contribution in [0.2, 0.25) is 0 Å². The van der Waals surface area contributed by atoms with E-state index < -0.39 is 16.1 Å². The Bertz CT molecular complexity index is 878. The quantitative estimate of drug-likeness (QED) is 0.770. The smallest absolute Gasteiger partial charge is 0.244 e. The summed E-state index contributed by atoms with van der Waals surface area (Å²) in [5.74, 6) is 0.461. The molecule has 1 fully saturated rings. The predicted molar refractivity (Wildman–Crippen MR) is 95.4 cm³/mol. The molecule has 0 amide bonds. The van der Waals surface area contributed by atoms with Crippen LogP contribution in [0.1, 0.15) is 28.8 Å². The van der Waals surface area contributed by atoms with Crippen molar-refractivity contribution in [3.05, 3.63) is 59.7 Å². The number of ketones is 1. The second-order valence-corrected chi connectivity index (χ2v) is 7.99. The van der Waals surface area contributed by atoms with E-state index in [2.05, 4.69) is 0 Å². The number of carbonyl (C=O) groups excluding carboxylic acids is 1. The van der Waals surface area contributed by atoms with Crippen LogP contribution < -0.4 is 4.74 Å². The first-order valence-corrected chi connectivity index (χ1v) is 9.65. The van der Waals surface area contributed by atoms with Gasteiger partial charge in [0.05, 0.1) is 18.0 Å². The third-order valence-corrected chi connectivity index (χ3v) is 6.60. The fourth-order valence-electron chi connectivity index (χ4n) is 3.25. The van der Waals surface area contributed by atoms with Crippen molar-refractivity contribution in [2.24, 2.45) is 0 Å². The lowest BCUT2D eigenvalue weighted by atomic mass is 10.0. The van der Waals surface area contributed by atoms with Crippen LogP contribution in [-0.2, 0) is 10.0 Å². The lowest BCUT2D eigenvalue weighted by Gasteiger charge is -2.24. The Morgan fingerprint density at radius 2 is 1.88 bits per heavy atom. The van der Waals surface area contributed by atoms with Gasteiger partial charge < -0.3 is 4.74 Å². The largest absolute Gasteiger partial charge is 0.497 e. The highest BCUT2D eigenvalue weighted by atomic mass is 32.2. The Hall–Kier alpha value is -2.18. The fourth-order valence-corrected chi connectivity index (χ4v) is 5.11. The molecule has 3 rings (SSSR count). The third-order valence-electron chi connectivity index (χ3n) is 4.53. The van der Waals surface area contributed by atoms with Gasteiger partial charge in [0.2, 0.25) is 10.0 Å². The van der Waals surface area contributed by atoms with E-state index in [4.69, 9.17) is 4.74 Å². The normalized spacial score (nSPS) is 18.2. The molecular formula is C19H21NO4S. The molecule has 1 saturated heterocycles. The van der Waals surface area contributed by atoms with Gasteiger partial charge in [-0.15, -0.1) is 0 Å². The summed E-state index contributed by atoms with van der Waals surface area (Å²) in [5.41, 5.74) is 1.15. The Balaban J connectivity index is 1.95. The Morgan fingerprint density at radius 1 is 1.16 bits per heavy atom. The highest BCUT2D eigenvalue weighted by molar-refractivity contribution is 7.89. The molecule has 25 heavy (non-hydrogen) atoms. The van der Waals surface area contributed by atoms with Crippen LogP contribution in [0.5, 0.6) is 5.75 Å². The van der Waals surface area contributed by atoms with Gasteiger partial charge in [0.25, 0.3) is 0 Å². The van der Waals surface area contributed by atoms with Crippen molar-refractivity contribution in [1.82, 2.24) is 4.31 Å². The van der Waals surface area contributed by atoms with E-state index in [9.17, 15) is 13.2 Å². The number of Topliss-reactive ketones (excluding diaryl/α,β-unsaturated/α-hetero) is 1. The molecule has 5 nitrogen and oxygen atoms in total. The van der Waals surface area contributed by atoms with Gasteiger partial charge in [-0.3, -0.25) is 4.79 Å². The minimum atomic E-state index is -3.74. The molecule has 0 saturated carbocycles. The van der Waals surface area contributed by atoms with Gasteiger partial charge in [0.15, 0.2) is 5.78 Å². The highest BCUT2D eigenvalue weighted by Crippen LogP contribution is 2.31.